The van der Waals surface area contributed by atoms with E-state index in [0.717, 1.165) is 37.8 Å². The van der Waals surface area contributed by atoms with Crippen LogP contribution in [0.4, 0.5) is 13.2 Å². The molecule has 0 saturated heterocycles. The lowest BCUT2D eigenvalue weighted by Crippen LogP contribution is -2.05. The zero-order valence-corrected chi connectivity index (χ0v) is 11.4. The number of halogens is 3. The minimum absolute atomic E-state index is 0.224. The van der Waals surface area contributed by atoms with Gasteiger partial charge in [-0.25, -0.2) is 0 Å². The molecule has 1 heterocycles. The van der Waals surface area contributed by atoms with E-state index in [1.807, 2.05) is 0 Å². The van der Waals surface area contributed by atoms with Crippen LogP contribution in [0.5, 0.6) is 0 Å². The number of rotatable bonds is 2. The van der Waals surface area contributed by atoms with Crippen LogP contribution < -0.4 is 0 Å². The molecule has 6 heteroatoms. The molecule has 1 aromatic carbocycles. The molecule has 3 nitrogen and oxygen atoms in total. The summed E-state index contributed by atoms with van der Waals surface area (Å²) in [5.74, 6) is 1.01. The fourth-order valence-electron chi connectivity index (χ4n) is 2.70. The molecular formula is C15H15F3N2O. The lowest BCUT2D eigenvalue weighted by atomic mass is 9.89. The second-order valence-corrected chi connectivity index (χ2v) is 5.37. The van der Waals surface area contributed by atoms with Crippen molar-refractivity contribution in [2.75, 3.05) is 0 Å². The first-order chi connectivity index (χ1) is 10.0. The molecule has 0 spiro atoms. The average Bonchev–Trinajstić information content (AvgIpc) is 2.97. The Morgan fingerprint density at radius 2 is 1.86 bits per heavy atom. The van der Waals surface area contributed by atoms with Crippen LogP contribution in [-0.2, 0) is 6.18 Å². The highest BCUT2D eigenvalue weighted by molar-refractivity contribution is 5.55. The van der Waals surface area contributed by atoms with Crippen molar-refractivity contribution in [2.24, 2.45) is 0 Å². The Bertz CT molecular complexity index is 615. The van der Waals surface area contributed by atoms with E-state index in [0.29, 0.717) is 11.5 Å². The molecule has 21 heavy (non-hydrogen) atoms. The summed E-state index contributed by atoms with van der Waals surface area (Å²) in [5.41, 5.74) is -0.375. The predicted molar refractivity (Wildman–Crippen MR) is 70.6 cm³/mol. The highest BCUT2D eigenvalue weighted by Gasteiger charge is 2.31. The monoisotopic (exact) mass is 296 g/mol. The molecule has 0 N–H and O–H groups in total. The SMILES string of the molecule is FC(F)(F)c1cccc(-c2noc(C3CCCCC3)n2)c1. The molecule has 1 fully saturated rings. The molecule has 0 radical (unpaired) electrons. The third kappa shape index (κ3) is 3.09. The number of hydrogen-bond acceptors (Lipinski definition) is 3. The zero-order chi connectivity index (χ0) is 14.9. The average molecular weight is 296 g/mol. The molecule has 1 aliphatic carbocycles. The van der Waals surface area contributed by atoms with Crippen molar-refractivity contribution in [3.05, 3.63) is 35.7 Å². The van der Waals surface area contributed by atoms with Crippen LogP contribution in [0.2, 0.25) is 0 Å². The van der Waals surface area contributed by atoms with Crippen molar-refractivity contribution in [3.63, 3.8) is 0 Å². The fraction of sp³-hybridized carbons (Fsp3) is 0.467. The van der Waals surface area contributed by atoms with Crippen LogP contribution in [0.3, 0.4) is 0 Å². The van der Waals surface area contributed by atoms with E-state index in [1.54, 1.807) is 6.07 Å². The van der Waals surface area contributed by atoms with Gasteiger partial charge in [-0.15, -0.1) is 0 Å². The molecule has 0 unspecified atom stereocenters. The Morgan fingerprint density at radius 1 is 1.10 bits per heavy atom. The van der Waals surface area contributed by atoms with E-state index in [1.165, 1.54) is 12.5 Å². The highest BCUT2D eigenvalue weighted by Crippen LogP contribution is 2.34. The van der Waals surface area contributed by atoms with Crippen LogP contribution >= 0.6 is 0 Å². The summed E-state index contributed by atoms with van der Waals surface area (Å²) in [7, 11) is 0. The first-order valence-electron chi connectivity index (χ1n) is 7.05. The molecule has 112 valence electrons. The van der Waals surface area contributed by atoms with Gasteiger partial charge in [-0.3, -0.25) is 0 Å². The van der Waals surface area contributed by atoms with Crippen LogP contribution in [-0.4, -0.2) is 10.1 Å². The molecule has 1 aliphatic rings. The Morgan fingerprint density at radius 3 is 2.57 bits per heavy atom. The van der Waals surface area contributed by atoms with Crippen LogP contribution in [0, 0.1) is 0 Å². The minimum atomic E-state index is -4.37. The minimum Gasteiger partial charge on any atom is -0.339 e. The Balaban J connectivity index is 1.86. The van der Waals surface area contributed by atoms with E-state index in [2.05, 4.69) is 10.1 Å². The van der Waals surface area contributed by atoms with Gasteiger partial charge in [-0.1, -0.05) is 36.6 Å². The van der Waals surface area contributed by atoms with Crippen LogP contribution in [0.1, 0.15) is 49.5 Å². The van der Waals surface area contributed by atoms with E-state index >= 15 is 0 Å². The van der Waals surface area contributed by atoms with Gasteiger partial charge in [0, 0.05) is 11.5 Å². The van der Waals surface area contributed by atoms with Crippen molar-refractivity contribution in [1.82, 2.24) is 10.1 Å². The fourth-order valence-corrected chi connectivity index (χ4v) is 2.70. The van der Waals surface area contributed by atoms with Crippen LogP contribution in [0.15, 0.2) is 28.8 Å². The summed E-state index contributed by atoms with van der Waals surface area (Å²) in [5, 5.41) is 3.83. The molecule has 0 atom stereocenters. The maximum absolute atomic E-state index is 12.7. The topological polar surface area (TPSA) is 38.9 Å². The standard InChI is InChI=1S/C15H15F3N2O/c16-15(17,18)12-8-4-7-11(9-12)13-19-14(21-20-13)10-5-2-1-3-6-10/h4,7-10H,1-3,5-6H2. The summed E-state index contributed by atoms with van der Waals surface area (Å²) >= 11 is 0. The molecular weight excluding hydrogens is 281 g/mol. The van der Waals surface area contributed by atoms with Crippen molar-refractivity contribution in [2.45, 2.75) is 44.2 Å². The zero-order valence-electron chi connectivity index (χ0n) is 11.4. The van der Waals surface area contributed by atoms with Gasteiger partial charge >= 0.3 is 6.18 Å². The van der Waals surface area contributed by atoms with E-state index in [9.17, 15) is 13.2 Å². The molecule has 1 saturated carbocycles. The summed E-state index contributed by atoms with van der Waals surface area (Å²) < 4.78 is 43.4. The highest BCUT2D eigenvalue weighted by atomic mass is 19.4. The maximum atomic E-state index is 12.7. The molecule has 2 aromatic rings. The lowest BCUT2D eigenvalue weighted by molar-refractivity contribution is -0.137. The quantitative estimate of drug-likeness (QED) is 0.798. The lowest BCUT2D eigenvalue weighted by Gasteiger charge is -2.17. The van der Waals surface area contributed by atoms with Crippen molar-refractivity contribution in [1.29, 1.82) is 0 Å². The largest absolute Gasteiger partial charge is 0.416 e. The van der Waals surface area contributed by atoms with Gasteiger partial charge in [-0.05, 0) is 25.0 Å². The third-order valence-electron chi connectivity index (χ3n) is 3.84. The molecule has 3 rings (SSSR count). The van der Waals surface area contributed by atoms with Crippen LogP contribution in [0.25, 0.3) is 11.4 Å². The Kier molecular flexibility index (Phi) is 3.69. The van der Waals surface area contributed by atoms with Gasteiger partial charge in [0.05, 0.1) is 5.56 Å². The van der Waals surface area contributed by atoms with Gasteiger partial charge in [0.25, 0.3) is 0 Å². The van der Waals surface area contributed by atoms with Gasteiger partial charge in [-0.2, -0.15) is 18.2 Å². The summed E-state index contributed by atoms with van der Waals surface area (Å²) in [4.78, 5) is 4.28. The second-order valence-electron chi connectivity index (χ2n) is 5.37. The summed E-state index contributed by atoms with van der Waals surface area (Å²) in [6.45, 7) is 0. The van der Waals surface area contributed by atoms with Crippen molar-refractivity contribution in [3.8, 4) is 11.4 Å². The number of benzene rings is 1. The van der Waals surface area contributed by atoms with Gasteiger partial charge in [0.1, 0.15) is 0 Å². The first kappa shape index (κ1) is 14.1. The van der Waals surface area contributed by atoms with E-state index in [4.69, 9.17) is 4.52 Å². The third-order valence-corrected chi connectivity index (χ3v) is 3.84. The second kappa shape index (κ2) is 5.50. The van der Waals surface area contributed by atoms with E-state index in [-0.39, 0.29) is 11.7 Å². The predicted octanol–water partition coefficient (Wildman–Crippen LogP) is 4.80. The van der Waals surface area contributed by atoms with Crippen molar-refractivity contribution < 1.29 is 17.7 Å². The Labute approximate surface area is 120 Å². The number of aromatic nitrogens is 2. The molecule has 0 aliphatic heterocycles. The van der Waals surface area contributed by atoms with E-state index < -0.39 is 11.7 Å². The van der Waals surface area contributed by atoms with Gasteiger partial charge < -0.3 is 4.52 Å². The normalized spacial score (nSPS) is 17.1. The number of alkyl halides is 3. The summed E-state index contributed by atoms with van der Waals surface area (Å²) in [6.07, 6.45) is 1.11. The van der Waals surface area contributed by atoms with Gasteiger partial charge in [0.2, 0.25) is 11.7 Å². The molecule has 0 amide bonds. The molecule has 1 aromatic heterocycles. The molecule has 0 bridgehead atoms. The number of nitrogens with zero attached hydrogens (tertiary/aromatic N) is 2. The maximum Gasteiger partial charge on any atom is 0.416 e. The smallest absolute Gasteiger partial charge is 0.339 e. The Hall–Kier alpha value is -1.85. The number of hydrogen-bond donors (Lipinski definition) is 0. The summed E-state index contributed by atoms with van der Waals surface area (Å²) in [6, 6.07) is 5.00. The van der Waals surface area contributed by atoms with Gasteiger partial charge in [0.15, 0.2) is 0 Å². The van der Waals surface area contributed by atoms with Crippen molar-refractivity contribution >= 4 is 0 Å². The first-order valence-corrected chi connectivity index (χ1v) is 7.05.